The van der Waals surface area contributed by atoms with Crippen LogP contribution in [0.1, 0.15) is 39.7 Å². The molecule has 0 aromatic heterocycles. The summed E-state index contributed by atoms with van der Waals surface area (Å²) in [5.41, 5.74) is 2.49. The van der Waals surface area contributed by atoms with Gasteiger partial charge in [0.15, 0.2) is 0 Å². The van der Waals surface area contributed by atoms with Crippen LogP contribution in [0.4, 0.5) is 8.78 Å². The number of hydrogen-bond acceptors (Lipinski definition) is 2. The van der Waals surface area contributed by atoms with Crippen LogP contribution in [0.5, 0.6) is 0 Å². The van der Waals surface area contributed by atoms with E-state index in [1.165, 1.54) is 0 Å². The molecule has 0 radical (unpaired) electrons. The predicted molar refractivity (Wildman–Crippen MR) is 77.1 cm³/mol. The first-order valence-corrected chi connectivity index (χ1v) is 7.42. The molecule has 1 unspecified atom stereocenters. The Bertz CT molecular complexity index is 497. The Kier molecular flexibility index (Phi) is 5.94. The lowest BCUT2D eigenvalue weighted by atomic mass is 9.98. The van der Waals surface area contributed by atoms with Crippen LogP contribution in [0.3, 0.4) is 0 Å². The number of benzene rings is 1. The molecule has 0 aliphatic carbocycles. The Hall–Kier alpha value is -1.20. The maximum absolute atomic E-state index is 12.0. The first-order chi connectivity index (χ1) is 10.1. The highest BCUT2D eigenvalue weighted by Gasteiger charge is 2.17. The highest BCUT2D eigenvalue weighted by molar-refractivity contribution is 6.20. The van der Waals surface area contributed by atoms with Crippen molar-refractivity contribution in [1.82, 2.24) is 5.32 Å². The van der Waals surface area contributed by atoms with Gasteiger partial charge >= 0.3 is 0 Å². The number of nitrogens with one attached hydrogen (secondary N) is 1. The maximum atomic E-state index is 12.0. The van der Waals surface area contributed by atoms with E-state index in [4.69, 9.17) is 16.3 Å². The molecule has 1 atom stereocenters. The highest BCUT2D eigenvalue weighted by atomic mass is 35.5. The average molecular weight is 318 g/mol. The molecule has 0 spiro atoms. The fourth-order valence-corrected chi connectivity index (χ4v) is 2.54. The zero-order valence-corrected chi connectivity index (χ0v) is 12.3. The molecule has 1 heterocycles. The van der Waals surface area contributed by atoms with E-state index in [0.717, 1.165) is 24.0 Å². The summed E-state index contributed by atoms with van der Waals surface area (Å²) in [6.07, 6.45) is -0.257. The summed E-state index contributed by atoms with van der Waals surface area (Å²) < 4.78 is 28.7. The molecule has 1 aliphatic heterocycles. The summed E-state index contributed by atoms with van der Waals surface area (Å²) in [5.74, 6) is -0.0813. The van der Waals surface area contributed by atoms with Gasteiger partial charge < -0.3 is 10.1 Å². The average Bonchev–Trinajstić information content (AvgIpc) is 2.65. The van der Waals surface area contributed by atoms with Crippen molar-refractivity contribution >= 4 is 17.5 Å². The van der Waals surface area contributed by atoms with E-state index in [0.29, 0.717) is 18.5 Å². The summed E-state index contributed by atoms with van der Waals surface area (Å²) in [6, 6.07) is 5.61. The fraction of sp³-hybridized carbons (Fsp3) is 0.533. The van der Waals surface area contributed by atoms with E-state index in [1.807, 2.05) is 12.1 Å². The Morgan fingerprint density at radius 2 is 2.19 bits per heavy atom. The first-order valence-electron chi connectivity index (χ1n) is 6.99. The van der Waals surface area contributed by atoms with Crippen LogP contribution in [0.2, 0.25) is 0 Å². The van der Waals surface area contributed by atoms with E-state index in [1.54, 1.807) is 6.07 Å². The van der Waals surface area contributed by atoms with Crippen LogP contribution in [0.15, 0.2) is 18.2 Å². The number of halogens is 3. The lowest BCUT2D eigenvalue weighted by Crippen LogP contribution is -2.22. The largest absolute Gasteiger partial charge is 0.375 e. The minimum atomic E-state index is -2.46. The van der Waals surface area contributed by atoms with Gasteiger partial charge in [-0.15, -0.1) is 11.6 Å². The molecule has 0 fully saturated rings. The smallest absolute Gasteiger partial charge is 0.261 e. The number of rotatable bonds is 6. The Morgan fingerprint density at radius 1 is 1.38 bits per heavy atom. The van der Waals surface area contributed by atoms with Crippen molar-refractivity contribution in [1.29, 1.82) is 0 Å². The Balaban J connectivity index is 1.98. The van der Waals surface area contributed by atoms with E-state index in [9.17, 15) is 13.6 Å². The van der Waals surface area contributed by atoms with Gasteiger partial charge in [0.2, 0.25) is 0 Å². The molecule has 2 rings (SSSR count). The van der Waals surface area contributed by atoms with Gasteiger partial charge in [0.25, 0.3) is 12.3 Å². The number of hydrogen-bond donors (Lipinski definition) is 1. The normalized spacial score (nSPS) is 16.3. The lowest BCUT2D eigenvalue weighted by Gasteiger charge is -2.13. The van der Waals surface area contributed by atoms with E-state index in [-0.39, 0.29) is 17.9 Å². The zero-order chi connectivity index (χ0) is 15.2. The molecule has 6 heteroatoms. The van der Waals surface area contributed by atoms with Crippen molar-refractivity contribution in [3.05, 3.63) is 34.9 Å². The predicted octanol–water partition coefficient (Wildman–Crippen LogP) is 3.31. The van der Waals surface area contributed by atoms with E-state index >= 15 is 0 Å². The molecule has 1 aliphatic rings. The van der Waals surface area contributed by atoms with Crippen molar-refractivity contribution in [2.75, 3.05) is 19.8 Å². The Labute approximate surface area is 127 Å². The standard InChI is InChI=1S/C15H18ClF2NO2/c16-13(5-7-21-9-14(17)18)11-4-3-10-2-1-6-19-15(20)12(10)8-11/h3-4,8,13-14H,1-2,5-7,9H2,(H,19,20). The molecule has 116 valence electrons. The van der Waals surface area contributed by atoms with Crippen molar-refractivity contribution in [3.63, 3.8) is 0 Å². The summed E-state index contributed by atoms with van der Waals surface area (Å²) in [5, 5.41) is 2.48. The highest BCUT2D eigenvalue weighted by Crippen LogP contribution is 2.27. The van der Waals surface area contributed by atoms with Gasteiger partial charge in [-0.3, -0.25) is 4.79 Å². The molecule has 3 nitrogen and oxygen atoms in total. The quantitative estimate of drug-likeness (QED) is 0.645. The monoisotopic (exact) mass is 317 g/mol. The van der Waals surface area contributed by atoms with Gasteiger partial charge in [-0.05, 0) is 36.5 Å². The van der Waals surface area contributed by atoms with Crippen LogP contribution in [0.25, 0.3) is 0 Å². The first kappa shape index (κ1) is 16.2. The molecular formula is C15H18ClF2NO2. The minimum absolute atomic E-state index is 0.0813. The van der Waals surface area contributed by atoms with Gasteiger partial charge in [-0.1, -0.05) is 12.1 Å². The summed E-state index contributed by atoms with van der Waals surface area (Å²) in [6.45, 7) is 0.270. The minimum Gasteiger partial charge on any atom is -0.375 e. The molecule has 1 aromatic carbocycles. The Morgan fingerprint density at radius 3 is 2.95 bits per heavy atom. The van der Waals surface area contributed by atoms with Crippen molar-refractivity contribution in [3.8, 4) is 0 Å². The molecular weight excluding hydrogens is 300 g/mol. The number of carbonyl (C=O) groups is 1. The number of aryl methyl sites for hydroxylation is 1. The third-order valence-electron chi connectivity index (χ3n) is 3.41. The summed E-state index contributed by atoms with van der Waals surface area (Å²) >= 11 is 6.25. The maximum Gasteiger partial charge on any atom is 0.261 e. The third kappa shape index (κ3) is 4.64. The number of fused-ring (bicyclic) bond motifs is 1. The SMILES string of the molecule is O=C1NCCCc2ccc(C(Cl)CCOCC(F)F)cc21. The number of alkyl halides is 3. The molecule has 1 amide bonds. The lowest BCUT2D eigenvalue weighted by molar-refractivity contribution is 0.0165. The van der Waals surface area contributed by atoms with Crippen LogP contribution in [0, 0.1) is 0 Å². The molecule has 21 heavy (non-hydrogen) atoms. The topological polar surface area (TPSA) is 38.3 Å². The number of ether oxygens (including phenoxy) is 1. The van der Waals surface area contributed by atoms with Crippen LogP contribution in [-0.4, -0.2) is 32.1 Å². The fourth-order valence-electron chi connectivity index (χ4n) is 2.32. The van der Waals surface area contributed by atoms with E-state index in [2.05, 4.69) is 5.32 Å². The molecule has 1 N–H and O–H groups in total. The zero-order valence-electron chi connectivity index (χ0n) is 11.6. The second-order valence-corrected chi connectivity index (χ2v) is 5.53. The van der Waals surface area contributed by atoms with Gasteiger partial charge in [0.05, 0.1) is 5.38 Å². The molecule has 0 saturated heterocycles. The molecule has 0 saturated carbocycles. The van der Waals surface area contributed by atoms with Gasteiger partial charge in [-0.25, -0.2) is 8.78 Å². The van der Waals surface area contributed by atoms with Crippen LogP contribution < -0.4 is 5.32 Å². The number of carbonyl (C=O) groups excluding carboxylic acids is 1. The van der Waals surface area contributed by atoms with Crippen LogP contribution in [-0.2, 0) is 11.2 Å². The second kappa shape index (κ2) is 7.71. The second-order valence-electron chi connectivity index (χ2n) is 5.00. The van der Waals surface area contributed by atoms with Gasteiger partial charge in [0, 0.05) is 18.7 Å². The number of amides is 1. The third-order valence-corrected chi connectivity index (χ3v) is 3.88. The van der Waals surface area contributed by atoms with Gasteiger partial charge in [-0.2, -0.15) is 0 Å². The van der Waals surface area contributed by atoms with Crippen molar-refractivity contribution < 1.29 is 18.3 Å². The van der Waals surface area contributed by atoms with Gasteiger partial charge in [0.1, 0.15) is 6.61 Å². The van der Waals surface area contributed by atoms with Crippen molar-refractivity contribution in [2.24, 2.45) is 0 Å². The summed E-state index contributed by atoms with van der Waals surface area (Å²) in [7, 11) is 0. The molecule has 0 bridgehead atoms. The molecule has 1 aromatic rings. The van der Waals surface area contributed by atoms with Crippen LogP contribution >= 0.6 is 11.6 Å². The summed E-state index contributed by atoms with van der Waals surface area (Å²) in [4.78, 5) is 12.0. The van der Waals surface area contributed by atoms with E-state index < -0.39 is 13.0 Å². The van der Waals surface area contributed by atoms with Crippen molar-refractivity contribution in [2.45, 2.75) is 31.1 Å².